The molecule has 1 amide bonds. The van der Waals surface area contributed by atoms with Gasteiger partial charge in [0.1, 0.15) is 19.0 Å². The van der Waals surface area contributed by atoms with E-state index in [-0.39, 0.29) is 24.7 Å². The van der Waals surface area contributed by atoms with Crippen LogP contribution in [0, 0.1) is 11.2 Å². The number of hydrogen-bond acceptors (Lipinski definition) is 6. The highest BCUT2D eigenvalue weighted by molar-refractivity contribution is 5.94. The topological polar surface area (TPSA) is 102 Å². The number of hydrogen-bond donors (Lipinski definition) is 1. The van der Waals surface area contributed by atoms with E-state index >= 15 is 0 Å². The summed E-state index contributed by atoms with van der Waals surface area (Å²) in [4.78, 5) is 33.1. The number of carboxylic acids is 1. The molecule has 2 aromatic rings. The predicted octanol–water partition coefficient (Wildman–Crippen LogP) is 3.94. The molecule has 0 aliphatic heterocycles. The summed E-state index contributed by atoms with van der Waals surface area (Å²) in [5.74, 6) is -1.34. The maximum atomic E-state index is 13.8. The van der Waals surface area contributed by atoms with Crippen LogP contribution in [0.25, 0.3) is 0 Å². The third-order valence-electron chi connectivity index (χ3n) is 5.08. The van der Waals surface area contributed by atoms with E-state index in [1.807, 2.05) is 0 Å². The number of ether oxygens (including phenoxy) is 2. The monoisotopic (exact) mass is 417 g/mol. The fourth-order valence-corrected chi connectivity index (χ4v) is 3.62. The number of carbonyl (C=O) groups excluding carboxylic acids is 1. The van der Waals surface area contributed by atoms with Crippen LogP contribution in [0.15, 0.2) is 42.9 Å². The molecular weight excluding hydrogens is 393 g/mol. The first-order valence-electron chi connectivity index (χ1n) is 9.77. The Morgan fingerprint density at radius 3 is 2.63 bits per heavy atom. The lowest BCUT2D eigenvalue weighted by Crippen LogP contribution is -2.38. The zero-order valence-corrected chi connectivity index (χ0v) is 16.5. The molecular formula is C21H24FN3O5. The van der Waals surface area contributed by atoms with E-state index in [2.05, 4.69) is 9.97 Å². The van der Waals surface area contributed by atoms with Crippen molar-refractivity contribution in [3.63, 3.8) is 0 Å². The molecule has 30 heavy (non-hydrogen) atoms. The largest absolute Gasteiger partial charge is 0.480 e. The molecule has 1 fully saturated rings. The fraction of sp³-hybridized carbons (Fsp3) is 0.429. The van der Waals surface area contributed by atoms with Gasteiger partial charge in [-0.2, -0.15) is 0 Å². The number of carbonyl (C=O) groups is 2. The number of rotatable bonds is 8. The number of amides is 1. The van der Waals surface area contributed by atoms with Crippen LogP contribution in [-0.2, 0) is 14.3 Å². The van der Waals surface area contributed by atoms with Crippen molar-refractivity contribution >= 4 is 23.6 Å². The minimum Gasteiger partial charge on any atom is -0.480 e. The second kappa shape index (κ2) is 10.1. The minimum absolute atomic E-state index is 0.0670. The van der Waals surface area contributed by atoms with E-state index in [1.54, 1.807) is 6.07 Å². The van der Waals surface area contributed by atoms with Crippen LogP contribution in [0.1, 0.15) is 32.1 Å². The summed E-state index contributed by atoms with van der Waals surface area (Å²) in [7, 11) is 0. The number of halogens is 1. The Labute approximate surface area is 173 Å². The van der Waals surface area contributed by atoms with Crippen molar-refractivity contribution in [1.29, 1.82) is 0 Å². The summed E-state index contributed by atoms with van der Waals surface area (Å²) >= 11 is 0. The lowest BCUT2D eigenvalue weighted by Gasteiger charge is -2.36. The number of benzene rings is 1. The molecule has 1 N–H and O–H groups in total. The van der Waals surface area contributed by atoms with Gasteiger partial charge in [0.15, 0.2) is 5.82 Å². The average molecular weight is 417 g/mol. The van der Waals surface area contributed by atoms with Crippen LogP contribution in [0.3, 0.4) is 0 Å². The van der Waals surface area contributed by atoms with E-state index in [1.165, 1.54) is 36.8 Å². The molecule has 3 rings (SSSR count). The molecule has 1 aromatic heterocycles. The summed E-state index contributed by atoms with van der Waals surface area (Å²) < 4.78 is 24.7. The van der Waals surface area contributed by atoms with Gasteiger partial charge in [0.25, 0.3) is 0 Å². The first-order chi connectivity index (χ1) is 14.5. The number of aromatic nitrogens is 2. The Morgan fingerprint density at radius 2 is 1.97 bits per heavy atom. The second-order valence-corrected chi connectivity index (χ2v) is 7.38. The van der Waals surface area contributed by atoms with E-state index < -0.39 is 29.9 Å². The third-order valence-corrected chi connectivity index (χ3v) is 5.08. The first kappa shape index (κ1) is 21.6. The zero-order valence-electron chi connectivity index (χ0n) is 16.5. The molecule has 8 nitrogen and oxygen atoms in total. The van der Waals surface area contributed by atoms with E-state index in [0.717, 1.165) is 37.0 Å². The highest BCUT2D eigenvalue weighted by Crippen LogP contribution is 2.37. The Balaban J connectivity index is 1.76. The average Bonchev–Trinajstić information content (AvgIpc) is 2.74. The smallest absolute Gasteiger partial charge is 0.420 e. The van der Waals surface area contributed by atoms with Crippen molar-refractivity contribution in [2.24, 2.45) is 5.41 Å². The molecule has 0 bridgehead atoms. The standard InChI is InChI=1S/C21H24FN3O5/c22-16-5-4-6-17(11-16)25(18-12-23-9-10-24-18)20(28)30-15-21(7-2-1-3-8-21)14-29-13-19(26)27/h4-6,9-12H,1-3,7-8,13-15H2,(H,26,27). The third kappa shape index (κ3) is 5.73. The van der Waals surface area contributed by atoms with Gasteiger partial charge in [-0.3, -0.25) is 4.98 Å². The summed E-state index contributed by atoms with van der Waals surface area (Å²) in [6, 6.07) is 5.55. The lowest BCUT2D eigenvalue weighted by atomic mass is 9.75. The molecule has 0 unspecified atom stereocenters. The van der Waals surface area contributed by atoms with Crippen LogP contribution >= 0.6 is 0 Å². The van der Waals surface area contributed by atoms with Crippen molar-refractivity contribution in [3.05, 3.63) is 48.7 Å². The zero-order chi connectivity index (χ0) is 21.4. The van der Waals surface area contributed by atoms with Gasteiger partial charge < -0.3 is 14.6 Å². The molecule has 1 aromatic carbocycles. The van der Waals surface area contributed by atoms with Crippen molar-refractivity contribution in [2.75, 3.05) is 24.7 Å². The first-order valence-corrected chi connectivity index (χ1v) is 9.77. The van der Waals surface area contributed by atoms with Crippen LogP contribution in [-0.4, -0.2) is 47.0 Å². The molecule has 0 saturated heterocycles. The fourth-order valence-electron chi connectivity index (χ4n) is 3.62. The van der Waals surface area contributed by atoms with Gasteiger partial charge in [0, 0.05) is 17.8 Å². The van der Waals surface area contributed by atoms with Gasteiger partial charge >= 0.3 is 12.1 Å². The van der Waals surface area contributed by atoms with Crippen molar-refractivity contribution in [3.8, 4) is 0 Å². The van der Waals surface area contributed by atoms with E-state index in [9.17, 15) is 14.0 Å². The van der Waals surface area contributed by atoms with Crippen molar-refractivity contribution in [1.82, 2.24) is 9.97 Å². The molecule has 1 aliphatic rings. The van der Waals surface area contributed by atoms with Crippen LogP contribution < -0.4 is 4.90 Å². The maximum Gasteiger partial charge on any atom is 0.420 e. The molecule has 1 saturated carbocycles. The normalized spacial score (nSPS) is 15.4. The molecule has 1 heterocycles. The summed E-state index contributed by atoms with van der Waals surface area (Å²) in [5.41, 5.74) is -0.181. The van der Waals surface area contributed by atoms with Crippen molar-refractivity contribution in [2.45, 2.75) is 32.1 Å². The Bertz CT molecular complexity index is 859. The highest BCUT2D eigenvalue weighted by atomic mass is 19.1. The summed E-state index contributed by atoms with van der Waals surface area (Å²) in [6.45, 7) is -0.139. The second-order valence-electron chi connectivity index (χ2n) is 7.38. The van der Waals surface area contributed by atoms with Crippen LogP contribution in [0.2, 0.25) is 0 Å². The molecule has 0 spiro atoms. The number of carboxylic acid groups (broad SMARTS) is 1. The van der Waals surface area contributed by atoms with Gasteiger partial charge in [-0.15, -0.1) is 0 Å². The molecule has 0 radical (unpaired) electrons. The highest BCUT2D eigenvalue weighted by Gasteiger charge is 2.35. The SMILES string of the molecule is O=C(O)COCC1(COC(=O)N(c2cccc(F)c2)c2cnccn2)CCCCC1. The molecule has 9 heteroatoms. The van der Waals surface area contributed by atoms with Gasteiger partial charge in [0.2, 0.25) is 0 Å². The Hall–Kier alpha value is -3.07. The van der Waals surface area contributed by atoms with Gasteiger partial charge in [0.05, 0.1) is 18.5 Å². The molecule has 160 valence electrons. The van der Waals surface area contributed by atoms with Crippen LogP contribution in [0.5, 0.6) is 0 Å². The van der Waals surface area contributed by atoms with E-state index in [4.69, 9.17) is 14.6 Å². The quantitative estimate of drug-likeness (QED) is 0.694. The number of aliphatic carboxylic acids is 1. The molecule has 0 atom stereocenters. The van der Waals surface area contributed by atoms with E-state index in [0.29, 0.717) is 0 Å². The van der Waals surface area contributed by atoms with Crippen molar-refractivity contribution < 1.29 is 28.6 Å². The lowest BCUT2D eigenvalue weighted by molar-refractivity contribution is -0.144. The Kier molecular flexibility index (Phi) is 7.29. The number of nitrogens with zero attached hydrogens (tertiary/aromatic N) is 3. The molecule has 1 aliphatic carbocycles. The summed E-state index contributed by atoms with van der Waals surface area (Å²) in [5, 5.41) is 8.83. The minimum atomic E-state index is -1.04. The maximum absolute atomic E-state index is 13.8. The van der Waals surface area contributed by atoms with Crippen LogP contribution in [0.4, 0.5) is 20.7 Å². The van der Waals surface area contributed by atoms with Gasteiger partial charge in [-0.25, -0.2) is 23.9 Å². The van der Waals surface area contributed by atoms with Gasteiger partial charge in [-0.1, -0.05) is 25.3 Å². The Morgan fingerprint density at radius 1 is 1.17 bits per heavy atom. The summed E-state index contributed by atoms with van der Waals surface area (Å²) in [6.07, 6.45) is 8.08. The predicted molar refractivity (Wildman–Crippen MR) is 106 cm³/mol. The number of anilines is 2. The van der Waals surface area contributed by atoms with Gasteiger partial charge in [-0.05, 0) is 31.0 Å².